The van der Waals surface area contributed by atoms with Crippen molar-refractivity contribution in [3.63, 3.8) is 0 Å². The molecule has 0 aliphatic rings. The second-order valence-electron chi connectivity index (χ2n) is 7.41. The van der Waals surface area contributed by atoms with Gasteiger partial charge in [0.25, 0.3) is 0 Å². The number of hydrogen-bond acceptors (Lipinski definition) is 3. The van der Waals surface area contributed by atoms with Crippen LogP contribution in [0.2, 0.25) is 0 Å². The van der Waals surface area contributed by atoms with E-state index in [0.29, 0.717) is 0 Å². The Morgan fingerprint density at radius 2 is 1.42 bits per heavy atom. The number of rotatable bonds is 4. The van der Waals surface area contributed by atoms with Gasteiger partial charge in [0.2, 0.25) is 5.69 Å². The third-order valence-corrected chi connectivity index (χ3v) is 4.52. The number of aryl methyl sites for hydroxylation is 2. The predicted octanol–water partition coefficient (Wildman–Crippen LogP) is 4.59. The van der Waals surface area contributed by atoms with Crippen LogP contribution in [0.5, 0.6) is 0 Å². The van der Waals surface area contributed by atoms with Gasteiger partial charge in [-0.15, -0.1) is 0 Å². The van der Waals surface area contributed by atoms with Crippen LogP contribution in [0.25, 0.3) is 22.6 Å². The summed E-state index contributed by atoms with van der Waals surface area (Å²) in [7, 11) is 2.07. The quantitative estimate of drug-likeness (QED) is 0.649. The van der Waals surface area contributed by atoms with Crippen molar-refractivity contribution in [1.29, 1.82) is 0 Å². The number of hydrogen-bond donors (Lipinski definition) is 0. The molecule has 4 heteroatoms. The van der Waals surface area contributed by atoms with Crippen LogP contribution in [-0.4, -0.2) is 15.0 Å². The van der Waals surface area contributed by atoms with Gasteiger partial charge in [0.1, 0.15) is 18.7 Å². The maximum Gasteiger partial charge on any atom is 0.212 e. The molecule has 4 nitrogen and oxygen atoms in total. The van der Waals surface area contributed by atoms with E-state index in [2.05, 4.69) is 93.8 Å². The Morgan fingerprint density at radius 3 is 1.96 bits per heavy atom. The highest BCUT2D eigenvalue weighted by Gasteiger charge is 2.17. The smallest absolute Gasteiger partial charge is 0.212 e. The van der Waals surface area contributed by atoms with Gasteiger partial charge in [-0.05, 0) is 24.6 Å². The van der Waals surface area contributed by atoms with Crippen LogP contribution in [0, 0.1) is 6.92 Å². The minimum absolute atomic E-state index is 0.272. The molecule has 0 saturated heterocycles. The molecule has 2 aromatic heterocycles. The standard InChI is InChI=1S/C22H27N4/c1-14(2)20-23-21(15(3)4)25-22(24-20)17-11-12-19(26(6)13-17)18-10-8-7-9-16(18)5/h7-15H,1-6H3/q+1. The van der Waals surface area contributed by atoms with Crippen LogP contribution in [0.15, 0.2) is 42.6 Å². The molecule has 0 amide bonds. The summed E-state index contributed by atoms with van der Waals surface area (Å²) >= 11 is 0. The van der Waals surface area contributed by atoms with Gasteiger partial charge in [-0.3, -0.25) is 0 Å². The molecule has 3 aromatic rings. The van der Waals surface area contributed by atoms with Crippen LogP contribution >= 0.6 is 0 Å². The van der Waals surface area contributed by atoms with E-state index >= 15 is 0 Å². The third kappa shape index (κ3) is 3.64. The Balaban J connectivity index is 2.08. The molecule has 2 heterocycles. The number of nitrogens with zero attached hydrogens (tertiary/aromatic N) is 4. The van der Waals surface area contributed by atoms with Crippen LogP contribution in [0.4, 0.5) is 0 Å². The zero-order chi connectivity index (χ0) is 18.8. The Labute approximate surface area is 156 Å². The van der Waals surface area contributed by atoms with Crippen molar-refractivity contribution in [2.45, 2.75) is 46.5 Å². The molecule has 3 rings (SSSR count). The molecule has 134 valence electrons. The Kier molecular flexibility index (Phi) is 5.12. The molecule has 0 unspecified atom stereocenters. The summed E-state index contributed by atoms with van der Waals surface area (Å²) in [5, 5.41) is 0. The lowest BCUT2D eigenvalue weighted by Crippen LogP contribution is -2.31. The first-order valence-corrected chi connectivity index (χ1v) is 9.18. The SMILES string of the molecule is Cc1ccccc1-c1ccc(-c2nc(C(C)C)nc(C(C)C)n2)c[n+]1C. The fourth-order valence-corrected chi connectivity index (χ4v) is 2.93. The largest absolute Gasteiger partial charge is 0.217 e. The van der Waals surface area contributed by atoms with Gasteiger partial charge in [0.05, 0.1) is 5.56 Å². The van der Waals surface area contributed by atoms with E-state index in [9.17, 15) is 0 Å². The zero-order valence-corrected chi connectivity index (χ0v) is 16.5. The minimum atomic E-state index is 0.272. The van der Waals surface area contributed by atoms with Crippen LogP contribution < -0.4 is 4.57 Å². The van der Waals surface area contributed by atoms with E-state index < -0.39 is 0 Å². The molecule has 0 aliphatic carbocycles. The summed E-state index contributed by atoms with van der Waals surface area (Å²) in [4.78, 5) is 14.1. The molecular weight excluding hydrogens is 320 g/mol. The lowest BCUT2D eigenvalue weighted by molar-refractivity contribution is -0.659. The van der Waals surface area contributed by atoms with E-state index in [1.807, 2.05) is 0 Å². The summed E-state index contributed by atoms with van der Waals surface area (Å²) in [6, 6.07) is 12.7. The summed E-state index contributed by atoms with van der Waals surface area (Å²) in [5.74, 6) is 3.00. The summed E-state index contributed by atoms with van der Waals surface area (Å²) in [5.41, 5.74) is 4.69. The monoisotopic (exact) mass is 347 g/mol. The van der Waals surface area contributed by atoms with Gasteiger partial charge >= 0.3 is 0 Å². The second kappa shape index (κ2) is 7.32. The first kappa shape index (κ1) is 18.2. The Bertz CT molecular complexity index is 903. The zero-order valence-electron chi connectivity index (χ0n) is 16.5. The summed E-state index contributed by atoms with van der Waals surface area (Å²) < 4.78 is 2.14. The van der Waals surface area contributed by atoms with Crippen molar-refractivity contribution in [1.82, 2.24) is 15.0 Å². The maximum atomic E-state index is 4.71. The van der Waals surface area contributed by atoms with E-state index in [1.54, 1.807) is 0 Å². The highest BCUT2D eigenvalue weighted by atomic mass is 15.0. The molecule has 0 radical (unpaired) electrons. The molecule has 0 N–H and O–H groups in total. The van der Waals surface area contributed by atoms with E-state index in [1.165, 1.54) is 16.8 Å². The molecule has 26 heavy (non-hydrogen) atoms. The second-order valence-corrected chi connectivity index (χ2v) is 7.41. The third-order valence-electron chi connectivity index (χ3n) is 4.52. The molecule has 1 aromatic carbocycles. The van der Waals surface area contributed by atoms with Crippen LogP contribution in [-0.2, 0) is 7.05 Å². The lowest BCUT2D eigenvalue weighted by Gasteiger charge is -2.11. The minimum Gasteiger partial charge on any atom is -0.217 e. The molecular formula is C22H27N4+. The molecule has 0 fully saturated rings. The average Bonchev–Trinajstić information content (AvgIpc) is 2.62. The molecule has 0 spiro atoms. The lowest BCUT2D eigenvalue weighted by atomic mass is 10.0. The predicted molar refractivity (Wildman–Crippen MR) is 105 cm³/mol. The maximum absolute atomic E-state index is 4.71. The van der Waals surface area contributed by atoms with Crippen molar-refractivity contribution in [2.24, 2.45) is 7.05 Å². The van der Waals surface area contributed by atoms with Gasteiger partial charge in [-0.2, -0.15) is 0 Å². The van der Waals surface area contributed by atoms with Crippen LogP contribution in [0.1, 0.15) is 56.7 Å². The Morgan fingerprint density at radius 1 is 0.808 bits per heavy atom. The topological polar surface area (TPSA) is 42.6 Å². The van der Waals surface area contributed by atoms with Crippen LogP contribution in [0.3, 0.4) is 0 Å². The molecule has 0 atom stereocenters. The number of aromatic nitrogens is 4. The van der Waals surface area contributed by atoms with Gasteiger partial charge in [0.15, 0.2) is 12.0 Å². The van der Waals surface area contributed by atoms with E-state index in [-0.39, 0.29) is 11.8 Å². The van der Waals surface area contributed by atoms with Crippen molar-refractivity contribution in [3.8, 4) is 22.6 Å². The highest BCUT2D eigenvalue weighted by molar-refractivity contribution is 5.63. The molecule has 0 aliphatic heterocycles. The van der Waals surface area contributed by atoms with Gasteiger partial charge < -0.3 is 0 Å². The normalized spacial score (nSPS) is 11.4. The summed E-state index contributed by atoms with van der Waals surface area (Å²) in [6.45, 7) is 10.6. The van der Waals surface area contributed by atoms with Gasteiger partial charge in [0, 0.05) is 23.5 Å². The molecule has 0 bridgehead atoms. The first-order valence-electron chi connectivity index (χ1n) is 9.18. The Hall–Kier alpha value is -2.62. The van der Waals surface area contributed by atoms with E-state index in [0.717, 1.165) is 23.0 Å². The van der Waals surface area contributed by atoms with Crippen molar-refractivity contribution >= 4 is 0 Å². The fraction of sp³-hybridized carbons (Fsp3) is 0.364. The fourth-order valence-electron chi connectivity index (χ4n) is 2.93. The average molecular weight is 347 g/mol. The molecule has 0 saturated carbocycles. The van der Waals surface area contributed by atoms with Crippen molar-refractivity contribution in [2.75, 3.05) is 0 Å². The van der Waals surface area contributed by atoms with Gasteiger partial charge in [-0.1, -0.05) is 45.9 Å². The summed E-state index contributed by atoms with van der Waals surface area (Å²) in [6.07, 6.45) is 2.10. The number of benzene rings is 1. The van der Waals surface area contributed by atoms with E-state index in [4.69, 9.17) is 9.97 Å². The van der Waals surface area contributed by atoms with Crippen molar-refractivity contribution < 1.29 is 4.57 Å². The number of pyridine rings is 1. The van der Waals surface area contributed by atoms with Gasteiger partial charge in [-0.25, -0.2) is 19.5 Å². The highest BCUT2D eigenvalue weighted by Crippen LogP contribution is 2.23. The van der Waals surface area contributed by atoms with Crippen molar-refractivity contribution in [3.05, 3.63) is 59.8 Å². The first-order chi connectivity index (χ1) is 12.4.